The molecule has 0 N–H and O–H groups in total. The van der Waals surface area contributed by atoms with Gasteiger partial charge in [-0.2, -0.15) is 0 Å². The van der Waals surface area contributed by atoms with Crippen molar-refractivity contribution < 1.29 is 4.79 Å². The summed E-state index contributed by atoms with van der Waals surface area (Å²) in [5.74, 6) is 0.467. The number of carbonyl (C=O) groups is 1. The van der Waals surface area contributed by atoms with Gasteiger partial charge in [-0.3, -0.25) is 9.69 Å². The van der Waals surface area contributed by atoms with E-state index in [-0.39, 0.29) is 11.5 Å². The molecule has 1 aliphatic heterocycles. The third-order valence-electron chi connectivity index (χ3n) is 6.47. The lowest BCUT2D eigenvalue weighted by atomic mass is 9.77. The number of nitrogens with zero attached hydrogens (tertiary/aromatic N) is 1. The van der Waals surface area contributed by atoms with Crippen LogP contribution >= 0.6 is 0 Å². The average molecular weight is 277 g/mol. The molecule has 20 heavy (non-hydrogen) atoms. The Morgan fingerprint density at radius 1 is 1.15 bits per heavy atom. The summed E-state index contributed by atoms with van der Waals surface area (Å²) in [4.78, 5) is 15.3. The van der Waals surface area contributed by atoms with Gasteiger partial charge in [0.2, 0.25) is 0 Å². The van der Waals surface area contributed by atoms with Crippen molar-refractivity contribution in [2.24, 2.45) is 16.2 Å². The quantitative estimate of drug-likeness (QED) is 0.759. The van der Waals surface area contributed by atoms with E-state index in [0.717, 1.165) is 13.0 Å². The van der Waals surface area contributed by atoms with Crippen molar-refractivity contribution in [1.82, 2.24) is 4.90 Å². The van der Waals surface area contributed by atoms with Gasteiger partial charge in [-0.1, -0.05) is 47.0 Å². The van der Waals surface area contributed by atoms with Crippen LogP contribution in [0.5, 0.6) is 0 Å². The van der Waals surface area contributed by atoms with Gasteiger partial charge in [-0.05, 0) is 43.1 Å². The molecular formula is C18H31NO. The second kappa shape index (κ2) is 4.56. The van der Waals surface area contributed by atoms with Gasteiger partial charge >= 0.3 is 0 Å². The van der Waals surface area contributed by atoms with Crippen molar-refractivity contribution in [2.45, 2.75) is 78.7 Å². The van der Waals surface area contributed by atoms with Crippen molar-refractivity contribution in [3.8, 4) is 0 Å². The Morgan fingerprint density at radius 3 is 2.35 bits per heavy atom. The molecule has 3 fully saturated rings. The molecule has 1 saturated heterocycles. The number of fused-ring (bicyclic) bond motifs is 1. The van der Waals surface area contributed by atoms with Crippen molar-refractivity contribution in [2.75, 3.05) is 13.1 Å². The van der Waals surface area contributed by atoms with Gasteiger partial charge in [-0.25, -0.2) is 0 Å². The minimum absolute atomic E-state index is 0.196. The van der Waals surface area contributed by atoms with E-state index in [2.05, 4.69) is 32.6 Å². The van der Waals surface area contributed by atoms with E-state index in [1.165, 1.54) is 45.1 Å². The molecule has 0 aromatic heterocycles. The second-order valence-electron chi connectivity index (χ2n) is 8.70. The maximum absolute atomic E-state index is 12.8. The number of ketones is 1. The standard InChI is InChI=1S/C18H31NO/c1-5-19-13-18(11-14(19)15(20)16(2,3)4)12-17(18)9-7-6-8-10-17/h14H,5-13H2,1-4H3/t14-,18-/m0/s1. The molecule has 2 aliphatic carbocycles. The molecule has 2 spiro atoms. The second-order valence-corrected chi connectivity index (χ2v) is 8.70. The molecule has 2 heteroatoms. The van der Waals surface area contributed by atoms with Crippen LogP contribution in [-0.4, -0.2) is 29.8 Å². The predicted octanol–water partition coefficient (Wildman–Crippen LogP) is 4.04. The van der Waals surface area contributed by atoms with Crippen LogP contribution in [0.4, 0.5) is 0 Å². The molecule has 114 valence electrons. The van der Waals surface area contributed by atoms with E-state index >= 15 is 0 Å². The van der Waals surface area contributed by atoms with Gasteiger partial charge in [0.15, 0.2) is 5.78 Å². The van der Waals surface area contributed by atoms with Crippen molar-refractivity contribution in [3.63, 3.8) is 0 Å². The molecule has 0 radical (unpaired) electrons. The van der Waals surface area contributed by atoms with Crippen LogP contribution in [0.1, 0.15) is 72.6 Å². The Bertz CT molecular complexity index is 402. The summed E-state index contributed by atoms with van der Waals surface area (Å²) in [6.07, 6.45) is 9.69. The smallest absolute Gasteiger partial charge is 0.155 e. The van der Waals surface area contributed by atoms with Crippen molar-refractivity contribution >= 4 is 5.78 Å². The number of Topliss-reactive ketones (excluding diaryl/α,β-unsaturated/α-hetero) is 1. The molecule has 3 rings (SSSR count). The fourth-order valence-electron chi connectivity index (χ4n) is 5.20. The van der Waals surface area contributed by atoms with Crippen LogP contribution in [0.3, 0.4) is 0 Å². The molecule has 3 aliphatic rings. The van der Waals surface area contributed by atoms with Crippen LogP contribution in [0.25, 0.3) is 0 Å². The van der Waals surface area contributed by atoms with E-state index in [1.54, 1.807) is 0 Å². The Balaban J connectivity index is 1.77. The molecular weight excluding hydrogens is 246 g/mol. The minimum Gasteiger partial charge on any atom is -0.297 e. The molecule has 0 aromatic carbocycles. The lowest BCUT2D eigenvalue weighted by Gasteiger charge is -2.27. The first-order valence-corrected chi connectivity index (χ1v) is 8.62. The maximum Gasteiger partial charge on any atom is 0.155 e. The lowest BCUT2D eigenvalue weighted by molar-refractivity contribution is -0.130. The third kappa shape index (κ3) is 2.06. The van der Waals surface area contributed by atoms with E-state index in [1.807, 2.05) is 0 Å². The van der Waals surface area contributed by atoms with E-state index < -0.39 is 0 Å². The van der Waals surface area contributed by atoms with E-state index in [9.17, 15) is 4.79 Å². The summed E-state index contributed by atoms with van der Waals surface area (Å²) in [7, 11) is 0. The molecule has 1 heterocycles. The van der Waals surface area contributed by atoms with Crippen LogP contribution in [0.15, 0.2) is 0 Å². The number of carbonyl (C=O) groups excluding carboxylic acids is 1. The Labute approximate surface area is 124 Å². The molecule has 0 bridgehead atoms. The Hall–Kier alpha value is -0.370. The zero-order chi connectivity index (χ0) is 14.6. The van der Waals surface area contributed by atoms with E-state index in [4.69, 9.17) is 0 Å². The van der Waals surface area contributed by atoms with Crippen molar-refractivity contribution in [3.05, 3.63) is 0 Å². The number of hydrogen-bond acceptors (Lipinski definition) is 2. The normalized spacial score (nSPS) is 36.7. The fourth-order valence-corrected chi connectivity index (χ4v) is 5.20. The summed E-state index contributed by atoms with van der Waals surface area (Å²) in [5.41, 5.74) is 0.943. The van der Waals surface area contributed by atoms with Crippen LogP contribution in [0, 0.1) is 16.2 Å². The van der Waals surface area contributed by atoms with Crippen LogP contribution in [0.2, 0.25) is 0 Å². The summed E-state index contributed by atoms with van der Waals surface area (Å²) in [6.45, 7) is 10.7. The molecule has 2 nitrogen and oxygen atoms in total. The first kappa shape index (κ1) is 14.6. The first-order valence-electron chi connectivity index (χ1n) is 8.62. The predicted molar refractivity (Wildman–Crippen MR) is 82.7 cm³/mol. The molecule has 0 amide bonds. The minimum atomic E-state index is -0.196. The van der Waals surface area contributed by atoms with Crippen molar-refractivity contribution in [1.29, 1.82) is 0 Å². The van der Waals surface area contributed by atoms with Gasteiger partial charge in [0.05, 0.1) is 6.04 Å². The Morgan fingerprint density at radius 2 is 1.80 bits per heavy atom. The number of likely N-dealkylation sites (N-methyl/N-ethyl adjacent to an activating group) is 1. The largest absolute Gasteiger partial charge is 0.297 e. The van der Waals surface area contributed by atoms with E-state index in [0.29, 0.717) is 16.6 Å². The number of rotatable bonds is 2. The topological polar surface area (TPSA) is 20.3 Å². The lowest BCUT2D eigenvalue weighted by Crippen LogP contribution is -2.41. The Kier molecular flexibility index (Phi) is 3.32. The molecule has 2 saturated carbocycles. The fraction of sp³-hybridized carbons (Fsp3) is 0.944. The SMILES string of the molecule is CCN1C[C@]2(C[C@H]1C(=O)C(C)(C)C)CC21CCCCC1. The van der Waals surface area contributed by atoms with Gasteiger partial charge in [-0.15, -0.1) is 0 Å². The van der Waals surface area contributed by atoms with Gasteiger partial charge in [0.25, 0.3) is 0 Å². The zero-order valence-corrected chi connectivity index (χ0v) is 13.8. The first-order chi connectivity index (χ1) is 9.34. The molecule has 2 atom stereocenters. The summed E-state index contributed by atoms with van der Waals surface area (Å²) >= 11 is 0. The van der Waals surface area contributed by atoms with Crippen LogP contribution < -0.4 is 0 Å². The summed E-state index contributed by atoms with van der Waals surface area (Å²) in [6, 6.07) is 0.196. The number of hydrogen-bond donors (Lipinski definition) is 0. The van der Waals surface area contributed by atoms with Gasteiger partial charge in [0, 0.05) is 12.0 Å². The molecule has 0 unspecified atom stereocenters. The summed E-state index contributed by atoms with van der Waals surface area (Å²) in [5, 5.41) is 0. The third-order valence-corrected chi connectivity index (χ3v) is 6.47. The van der Waals surface area contributed by atoms with Crippen LogP contribution in [-0.2, 0) is 4.79 Å². The van der Waals surface area contributed by atoms with Gasteiger partial charge in [0.1, 0.15) is 0 Å². The number of likely N-dealkylation sites (tertiary alicyclic amines) is 1. The highest BCUT2D eigenvalue weighted by atomic mass is 16.1. The average Bonchev–Trinajstić information content (AvgIpc) is 2.81. The zero-order valence-electron chi connectivity index (χ0n) is 13.8. The van der Waals surface area contributed by atoms with Gasteiger partial charge < -0.3 is 0 Å². The highest BCUT2D eigenvalue weighted by Crippen LogP contribution is 2.74. The summed E-state index contributed by atoms with van der Waals surface area (Å²) < 4.78 is 0. The maximum atomic E-state index is 12.8. The molecule has 0 aromatic rings. The highest BCUT2D eigenvalue weighted by Gasteiger charge is 2.70. The highest BCUT2D eigenvalue weighted by molar-refractivity contribution is 5.89. The monoisotopic (exact) mass is 277 g/mol.